The van der Waals surface area contributed by atoms with Crippen molar-refractivity contribution in [3.05, 3.63) is 36.1 Å². The van der Waals surface area contributed by atoms with E-state index in [1.165, 1.54) is 28.6 Å². The van der Waals surface area contributed by atoms with Gasteiger partial charge in [0.05, 0.1) is 29.6 Å². The Morgan fingerprint density at radius 2 is 2.24 bits per heavy atom. The number of aliphatic carboxylic acids is 1. The molecule has 1 aromatic heterocycles. The number of carboxylic acids is 1. The maximum atomic E-state index is 12.7. The normalized spacial score (nSPS) is 18.2. The molecule has 11 nitrogen and oxygen atoms in total. The van der Waals surface area contributed by atoms with Gasteiger partial charge >= 0.3 is 18.0 Å². The molecule has 0 spiro atoms. The summed E-state index contributed by atoms with van der Waals surface area (Å²) in [6, 6.07) is 2.84. The number of amides is 2. The van der Waals surface area contributed by atoms with E-state index in [2.05, 4.69) is 25.0 Å². The number of thiazole rings is 1. The summed E-state index contributed by atoms with van der Waals surface area (Å²) in [4.78, 5) is 49.4. The highest BCUT2D eigenvalue weighted by Crippen LogP contribution is 2.27. The zero-order valence-corrected chi connectivity index (χ0v) is 15.5. The molecule has 0 bridgehead atoms. The van der Waals surface area contributed by atoms with Crippen LogP contribution in [0.2, 0.25) is 0 Å². The number of aromatic nitrogens is 1. The Labute approximate surface area is 167 Å². The van der Waals surface area contributed by atoms with Crippen molar-refractivity contribution in [1.82, 2.24) is 15.2 Å². The van der Waals surface area contributed by atoms with Gasteiger partial charge in [0.15, 0.2) is 16.9 Å². The molecule has 12 heteroatoms. The molecule has 0 aliphatic carbocycles. The van der Waals surface area contributed by atoms with E-state index in [0.29, 0.717) is 20.9 Å². The van der Waals surface area contributed by atoms with E-state index in [4.69, 9.17) is 5.73 Å². The highest BCUT2D eigenvalue weighted by atomic mass is 32.1. The van der Waals surface area contributed by atoms with Crippen molar-refractivity contribution in [2.45, 2.75) is 6.04 Å². The Bertz CT molecular complexity index is 1120. The van der Waals surface area contributed by atoms with Crippen LogP contribution in [-0.2, 0) is 14.3 Å². The van der Waals surface area contributed by atoms with Gasteiger partial charge < -0.3 is 20.9 Å². The lowest BCUT2D eigenvalue weighted by Gasteiger charge is -2.20. The summed E-state index contributed by atoms with van der Waals surface area (Å²) in [5, 5.41) is 12.5. The number of esters is 1. The lowest BCUT2D eigenvalue weighted by Crippen LogP contribution is -2.45. The second-order valence-corrected chi connectivity index (χ2v) is 7.10. The number of carbonyl (C=O) groups is 3. The lowest BCUT2D eigenvalue weighted by molar-refractivity contribution is -0.139. The summed E-state index contributed by atoms with van der Waals surface area (Å²) >= 11 is 1.22. The average Bonchev–Trinajstić information content (AvgIpc) is 3.39. The summed E-state index contributed by atoms with van der Waals surface area (Å²) in [6.45, 7) is 0.482. The number of aliphatic imine (C=N–C) groups is 2. The molecule has 0 unspecified atom stereocenters. The van der Waals surface area contributed by atoms with Gasteiger partial charge in [0, 0.05) is 6.08 Å². The number of hydrogen-bond donors (Lipinski definition) is 3. The molecule has 29 heavy (non-hydrogen) atoms. The molecule has 0 fully saturated rings. The van der Waals surface area contributed by atoms with E-state index in [1.807, 2.05) is 0 Å². The second kappa shape index (κ2) is 7.31. The van der Waals surface area contributed by atoms with E-state index in [9.17, 15) is 19.5 Å². The van der Waals surface area contributed by atoms with Crippen LogP contribution in [0.5, 0.6) is 0 Å². The van der Waals surface area contributed by atoms with Crippen LogP contribution >= 0.6 is 11.3 Å². The zero-order valence-electron chi connectivity index (χ0n) is 14.7. The van der Waals surface area contributed by atoms with E-state index in [-0.39, 0.29) is 24.8 Å². The molecule has 4 rings (SSSR count). The number of nitrogens with zero attached hydrogens (tertiary/aromatic N) is 4. The standard InChI is InChI=1S/C17H14N6O5S/c18-15-20-9-2-1-8(7-11(9)29-15)12(13(24)25)22-17(27)23-5-4-19-16(23)21-10-3-6-28-14(10)26/h1-3,6-7,12H,4-5H2,(H2,18,20)(H,22,27)(H,24,25)/t12-/m1/s1. The fraction of sp³-hybridized carbons (Fsp3) is 0.176. The molecule has 0 saturated heterocycles. The number of cyclic esters (lactones) is 1. The molecule has 0 saturated carbocycles. The Balaban J connectivity index is 1.55. The van der Waals surface area contributed by atoms with Gasteiger partial charge in [-0.05, 0) is 17.7 Å². The van der Waals surface area contributed by atoms with Crippen LogP contribution in [-0.4, -0.2) is 57.7 Å². The third-order valence-electron chi connectivity index (χ3n) is 4.17. The maximum Gasteiger partial charge on any atom is 0.362 e. The van der Waals surface area contributed by atoms with E-state index in [1.54, 1.807) is 18.2 Å². The molecule has 0 radical (unpaired) electrons. The smallest absolute Gasteiger partial charge is 0.362 e. The van der Waals surface area contributed by atoms with Crippen molar-refractivity contribution in [2.75, 3.05) is 18.8 Å². The quantitative estimate of drug-likeness (QED) is 0.629. The van der Waals surface area contributed by atoms with Crippen LogP contribution in [0.25, 0.3) is 10.2 Å². The number of nitrogen functional groups attached to an aromatic ring is 1. The van der Waals surface area contributed by atoms with Gasteiger partial charge in [0.2, 0.25) is 5.96 Å². The first-order valence-corrected chi connectivity index (χ1v) is 9.21. The highest BCUT2D eigenvalue weighted by Gasteiger charge is 2.30. The first-order valence-electron chi connectivity index (χ1n) is 8.40. The average molecular weight is 414 g/mol. The summed E-state index contributed by atoms with van der Waals surface area (Å²) in [7, 11) is 0. The van der Waals surface area contributed by atoms with Crippen molar-refractivity contribution >= 4 is 56.3 Å². The Hall–Kier alpha value is -3.80. The topological polar surface area (TPSA) is 160 Å². The van der Waals surface area contributed by atoms with Gasteiger partial charge in [-0.25, -0.2) is 29.4 Å². The van der Waals surface area contributed by atoms with Gasteiger partial charge in [-0.15, -0.1) is 0 Å². The molecule has 2 aliphatic heterocycles. The second-order valence-electron chi connectivity index (χ2n) is 6.04. The van der Waals surface area contributed by atoms with Crippen molar-refractivity contribution in [3.63, 3.8) is 0 Å². The lowest BCUT2D eigenvalue weighted by atomic mass is 10.1. The van der Waals surface area contributed by atoms with Crippen LogP contribution in [0, 0.1) is 0 Å². The minimum atomic E-state index is -1.30. The summed E-state index contributed by atoms with van der Waals surface area (Å²) in [5.41, 5.74) is 6.70. The third kappa shape index (κ3) is 3.65. The molecule has 3 heterocycles. The summed E-state index contributed by atoms with van der Waals surface area (Å²) < 4.78 is 5.36. The van der Waals surface area contributed by atoms with Crippen LogP contribution in [0.4, 0.5) is 9.93 Å². The van der Waals surface area contributed by atoms with Crippen molar-refractivity contribution in [1.29, 1.82) is 0 Å². The van der Waals surface area contributed by atoms with E-state index in [0.717, 1.165) is 0 Å². The fourth-order valence-electron chi connectivity index (χ4n) is 2.83. The number of nitrogens with two attached hydrogens (primary N) is 1. The number of urea groups is 1. The molecule has 1 atom stereocenters. The number of rotatable bonds is 3. The number of benzene rings is 1. The van der Waals surface area contributed by atoms with Crippen LogP contribution in [0.3, 0.4) is 0 Å². The Kier molecular flexibility index (Phi) is 4.68. The van der Waals surface area contributed by atoms with Crippen LogP contribution in [0.15, 0.2) is 40.5 Å². The predicted octanol–water partition coefficient (Wildman–Crippen LogP) is 0.897. The number of ether oxygens (including phenoxy) is 1. The van der Waals surface area contributed by atoms with Crippen LogP contribution in [0.1, 0.15) is 11.6 Å². The van der Waals surface area contributed by atoms with Crippen molar-refractivity contribution in [2.24, 2.45) is 9.98 Å². The number of anilines is 1. The number of hydrogen-bond acceptors (Lipinski definition) is 9. The van der Waals surface area contributed by atoms with Gasteiger partial charge in [-0.3, -0.25) is 4.90 Å². The minimum absolute atomic E-state index is 0.00599. The van der Waals surface area contributed by atoms with Gasteiger partial charge in [0.1, 0.15) is 0 Å². The third-order valence-corrected chi connectivity index (χ3v) is 5.02. The summed E-state index contributed by atoms with van der Waals surface area (Å²) in [6.07, 6.45) is 2.54. The summed E-state index contributed by atoms with van der Waals surface area (Å²) in [5.74, 6) is -1.88. The largest absolute Gasteiger partial charge is 0.479 e. The Morgan fingerprint density at radius 1 is 1.41 bits per heavy atom. The molecule has 2 aromatic rings. The number of fused-ring (bicyclic) bond motifs is 1. The highest BCUT2D eigenvalue weighted by molar-refractivity contribution is 7.22. The first kappa shape index (κ1) is 18.6. The molecule has 4 N–H and O–H groups in total. The number of carbonyl (C=O) groups excluding carboxylic acids is 2. The number of guanidine groups is 1. The van der Waals surface area contributed by atoms with Gasteiger partial charge in [-0.1, -0.05) is 17.4 Å². The van der Waals surface area contributed by atoms with Gasteiger partial charge in [-0.2, -0.15) is 0 Å². The van der Waals surface area contributed by atoms with E-state index < -0.39 is 24.0 Å². The Morgan fingerprint density at radius 3 is 2.97 bits per heavy atom. The molecule has 148 valence electrons. The molecule has 1 aromatic carbocycles. The first-order chi connectivity index (χ1) is 13.9. The molecular weight excluding hydrogens is 400 g/mol. The van der Waals surface area contributed by atoms with E-state index >= 15 is 0 Å². The molecule has 2 aliphatic rings. The van der Waals surface area contributed by atoms with Gasteiger partial charge in [0.25, 0.3) is 0 Å². The number of nitrogens with one attached hydrogen (secondary N) is 1. The van der Waals surface area contributed by atoms with Crippen LogP contribution < -0.4 is 11.1 Å². The minimum Gasteiger partial charge on any atom is -0.479 e. The number of carboxylic acid groups (broad SMARTS) is 1. The fourth-order valence-corrected chi connectivity index (χ4v) is 3.61. The van der Waals surface area contributed by atoms with Crippen molar-refractivity contribution < 1.29 is 24.2 Å². The predicted molar refractivity (Wildman–Crippen MR) is 105 cm³/mol. The molecular formula is C17H14N6O5S. The van der Waals surface area contributed by atoms with Crippen molar-refractivity contribution in [3.8, 4) is 0 Å². The maximum absolute atomic E-state index is 12.7. The molecule has 2 amide bonds. The SMILES string of the molecule is Nc1nc2ccc([C@@H](NC(=O)N3CCN=C3N=C3C=COC3=O)C(=O)O)cc2s1. The monoisotopic (exact) mass is 414 g/mol. The zero-order chi connectivity index (χ0) is 20.5.